The van der Waals surface area contributed by atoms with Crippen LogP contribution in [0.4, 0.5) is 28.7 Å². The molecule has 0 saturated carbocycles. The van der Waals surface area contributed by atoms with Crippen molar-refractivity contribution in [1.29, 1.82) is 0 Å². The topological polar surface area (TPSA) is 294 Å². The fourth-order valence-corrected chi connectivity index (χ4v) is 7.42. The van der Waals surface area contributed by atoms with E-state index in [4.69, 9.17) is 28.9 Å². The minimum atomic E-state index is -5.82. The van der Waals surface area contributed by atoms with E-state index in [0.717, 1.165) is 18.2 Å². The third-order valence-electron chi connectivity index (χ3n) is 6.16. The number of aromatic nitrogens is 3. The fourth-order valence-electron chi connectivity index (χ4n) is 4.45. The van der Waals surface area contributed by atoms with E-state index < -0.39 is 84.5 Å². The molecule has 0 spiro atoms. The fraction of sp³-hybridized carbons (Fsp3) is 0. The van der Waals surface area contributed by atoms with Gasteiger partial charge in [-0.05, 0) is 65.7 Å². The molecule has 48 heavy (non-hydrogen) atoms. The molecule has 0 amide bonds. The van der Waals surface area contributed by atoms with Crippen molar-refractivity contribution in [2.45, 2.75) is 14.7 Å². The maximum Gasteiger partial charge on any atom is 1.00 e. The van der Waals surface area contributed by atoms with Crippen LogP contribution in [0.2, 0.25) is 10.6 Å². The summed E-state index contributed by atoms with van der Waals surface area (Å²) in [6.45, 7) is 0. The number of carbonyl (C=O) groups excluding carboxylic acids is 2. The third kappa shape index (κ3) is 8.60. The van der Waals surface area contributed by atoms with Crippen molar-refractivity contribution in [3.63, 3.8) is 0 Å². The molecule has 3 aromatic carbocycles. The molecule has 17 nitrogen and oxygen atoms in total. The molecule has 0 fully saturated rings. The van der Waals surface area contributed by atoms with Crippen molar-refractivity contribution < 1.29 is 137 Å². The summed E-state index contributed by atoms with van der Waals surface area (Å²) in [5.41, 5.74) is 1.84. The zero-order valence-corrected chi connectivity index (χ0v) is 34.4. The summed E-state index contributed by atoms with van der Waals surface area (Å²) in [7, 11) is -16.6. The van der Waals surface area contributed by atoms with Crippen molar-refractivity contribution in [2.75, 3.05) is 16.4 Å². The van der Waals surface area contributed by atoms with Gasteiger partial charge in [-0.2, -0.15) is 15.0 Å². The largest absolute Gasteiger partial charge is 1.00 e. The van der Waals surface area contributed by atoms with Crippen LogP contribution < -0.4 is 105 Å². The maximum absolute atomic E-state index is 13.6. The van der Waals surface area contributed by atoms with Crippen LogP contribution in [-0.4, -0.2) is 65.4 Å². The van der Waals surface area contributed by atoms with Crippen molar-refractivity contribution in [1.82, 2.24) is 15.0 Å². The number of ketones is 2. The molecule has 0 aliphatic heterocycles. The number of hydrogen-bond acceptors (Lipinski definition) is 17. The molecule has 1 heterocycles. The van der Waals surface area contributed by atoms with Crippen LogP contribution in [0.25, 0.3) is 0 Å². The molecule has 234 valence electrons. The van der Waals surface area contributed by atoms with E-state index in [2.05, 4.69) is 25.6 Å². The number of nitrogens with zero attached hydrogens (tertiary/aromatic N) is 3. The van der Waals surface area contributed by atoms with E-state index in [0.29, 0.717) is 12.1 Å². The van der Waals surface area contributed by atoms with E-state index in [1.165, 1.54) is 12.1 Å². The summed E-state index contributed by atoms with van der Waals surface area (Å²) in [5, 5.41) is 4.46. The van der Waals surface area contributed by atoms with E-state index in [9.17, 15) is 48.5 Å². The minimum Gasteiger partial charge on any atom is -0.744 e. The van der Waals surface area contributed by atoms with Gasteiger partial charge in [0.2, 0.25) is 16.5 Å². The van der Waals surface area contributed by atoms with Gasteiger partial charge in [-0.15, -0.1) is 0 Å². The van der Waals surface area contributed by atoms with E-state index >= 15 is 0 Å². The molecular weight excluding hydrogens is 772 g/mol. The van der Waals surface area contributed by atoms with Gasteiger partial charge in [0.05, 0.1) is 42.8 Å². The van der Waals surface area contributed by atoms with Gasteiger partial charge in [0.25, 0.3) is 0 Å². The molecule has 0 bridgehead atoms. The minimum absolute atomic E-state index is 0. The number of nitrogens with two attached hydrogens (primary N) is 1. The predicted molar refractivity (Wildman–Crippen MR) is 151 cm³/mol. The van der Waals surface area contributed by atoms with Gasteiger partial charge in [-0.3, -0.25) is 9.59 Å². The average Bonchev–Trinajstić information content (AvgIpc) is 2.90. The summed E-state index contributed by atoms with van der Waals surface area (Å²) in [5.74, 6) is -2.79. The number of rotatable bonds is 7. The normalized spacial score (nSPS) is 12.4. The third-order valence-corrected chi connectivity index (χ3v) is 9.31. The Balaban J connectivity index is 0.00000267. The standard InChI is InChI=1S/C23H14Cl2N6O11S3.3Na/c24-21-29-22(25)31-23(30-21)28-11-4-1-8(7-14(11)44(37,38)39)27-12-5-3-10(26)16-17(12)18(32)9-2-6-13(43(34,35)36)20(45(40,41)42)15(9)19(16)33;;;/h1-7,27H,26H2,(H,34,35,36)(H,37,38,39)(H,40,41,42)(H,28,29,30,31);;;/q;3*+1/p-3. The number of nitrogen functional groups attached to an aromatic ring is 1. The molecule has 5 rings (SSSR count). The monoisotopic (exact) mass is 782 g/mol. The van der Waals surface area contributed by atoms with Crippen LogP contribution in [0.1, 0.15) is 31.8 Å². The first-order valence-electron chi connectivity index (χ1n) is 11.6. The summed E-state index contributed by atoms with van der Waals surface area (Å²) < 4.78 is 108. The first-order valence-corrected chi connectivity index (χ1v) is 16.6. The quantitative estimate of drug-likeness (QED) is 0.0785. The summed E-state index contributed by atoms with van der Waals surface area (Å²) >= 11 is 11.4. The molecule has 4 N–H and O–H groups in total. The van der Waals surface area contributed by atoms with E-state index in [1.807, 2.05) is 0 Å². The number of anilines is 5. The first kappa shape index (κ1) is 42.9. The van der Waals surface area contributed by atoms with Gasteiger partial charge in [0.15, 0.2) is 11.6 Å². The number of nitrogens with one attached hydrogen (secondary N) is 2. The van der Waals surface area contributed by atoms with Gasteiger partial charge < -0.3 is 30.0 Å². The Bertz CT molecular complexity index is 2330. The maximum atomic E-state index is 13.6. The Morgan fingerprint density at radius 3 is 1.73 bits per heavy atom. The zero-order valence-electron chi connectivity index (χ0n) is 24.4. The van der Waals surface area contributed by atoms with Crippen molar-refractivity contribution >= 4 is 93.8 Å². The van der Waals surface area contributed by atoms with Gasteiger partial charge in [-0.25, -0.2) is 25.3 Å². The summed E-state index contributed by atoms with van der Waals surface area (Å²) in [4.78, 5) is 34.1. The second-order valence-electron chi connectivity index (χ2n) is 8.95. The number of hydrogen-bond donors (Lipinski definition) is 3. The first-order chi connectivity index (χ1) is 20.8. The molecule has 1 aliphatic carbocycles. The second kappa shape index (κ2) is 15.5. The van der Waals surface area contributed by atoms with Crippen LogP contribution >= 0.6 is 23.2 Å². The van der Waals surface area contributed by atoms with Crippen molar-refractivity contribution in [2.24, 2.45) is 0 Å². The molecule has 1 aromatic heterocycles. The smallest absolute Gasteiger partial charge is 0.744 e. The number of fused-ring (bicyclic) bond motifs is 2. The van der Waals surface area contributed by atoms with Crippen LogP contribution in [0, 0.1) is 0 Å². The van der Waals surface area contributed by atoms with E-state index in [-0.39, 0.29) is 122 Å². The van der Waals surface area contributed by atoms with Crippen molar-refractivity contribution in [3.8, 4) is 0 Å². The van der Waals surface area contributed by atoms with Gasteiger partial charge in [-0.1, -0.05) is 0 Å². The number of halogens is 2. The molecule has 0 saturated heterocycles. The molecule has 4 aromatic rings. The van der Waals surface area contributed by atoms with Gasteiger partial charge >= 0.3 is 88.7 Å². The Morgan fingerprint density at radius 2 is 1.19 bits per heavy atom. The van der Waals surface area contributed by atoms with Gasteiger partial charge in [0.1, 0.15) is 30.4 Å². The molecule has 25 heteroatoms. The SMILES string of the molecule is Nc1ccc(Nc2ccc(Nc3nc(Cl)nc(Cl)n3)c(S(=O)(=O)[O-])c2)c2c1C(=O)c1c(ccc(S(=O)(=O)[O-])c1S(=O)(=O)[O-])C2=O.[Na+].[Na+].[Na+]. The number of carbonyl (C=O) groups is 2. The predicted octanol–water partition coefficient (Wildman–Crippen LogP) is -7.25. The summed E-state index contributed by atoms with van der Waals surface area (Å²) in [6.07, 6.45) is 0. The Morgan fingerprint density at radius 1 is 0.625 bits per heavy atom. The number of benzene rings is 3. The summed E-state index contributed by atoms with van der Waals surface area (Å²) in [6, 6.07) is 6.58. The molecule has 0 atom stereocenters. The molecule has 0 radical (unpaired) electrons. The van der Waals surface area contributed by atoms with Crippen LogP contribution in [-0.2, 0) is 30.4 Å². The van der Waals surface area contributed by atoms with Crippen molar-refractivity contribution in [3.05, 3.63) is 75.3 Å². The van der Waals surface area contributed by atoms with Crippen LogP contribution in [0.15, 0.2) is 57.2 Å². The van der Waals surface area contributed by atoms with Crippen LogP contribution in [0.3, 0.4) is 0 Å². The Labute approximate surface area is 347 Å². The Kier molecular flexibility index (Phi) is 13.9. The molecular formula is C23H11Cl2N6Na3O11S3. The zero-order chi connectivity index (χ0) is 33.2. The van der Waals surface area contributed by atoms with Crippen LogP contribution in [0.5, 0.6) is 0 Å². The second-order valence-corrected chi connectivity index (χ2v) is 13.6. The molecule has 1 aliphatic rings. The Hall–Kier alpha value is -1.28. The average molecular weight is 783 g/mol. The van der Waals surface area contributed by atoms with E-state index in [1.54, 1.807) is 0 Å². The molecule has 0 unspecified atom stereocenters. The van der Waals surface area contributed by atoms with Gasteiger partial charge in [0, 0.05) is 16.9 Å².